The molecule has 1 aliphatic heterocycles. The number of benzene rings is 2. The number of fused-ring (bicyclic) bond motifs is 2. The van der Waals surface area contributed by atoms with Crippen molar-refractivity contribution in [3.05, 3.63) is 65.1 Å². The van der Waals surface area contributed by atoms with Crippen molar-refractivity contribution in [2.24, 2.45) is 0 Å². The van der Waals surface area contributed by atoms with Gasteiger partial charge in [0.25, 0.3) is 0 Å². The van der Waals surface area contributed by atoms with Crippen molar-refractivity contribution in [1.82, 2.24) is 25.1 Å². The van der Waals surface area contributed by atoms with Gasteiger partial charge in [-0.05, 0) is 30.7 Å². The Hall–Kier alpha value is -4.02. The lowest BCUT2D eigenvalue weighted by Gasteiger charge is -2.28. The summed E-state index contributed by atoms with van der Waals surface area (Å²) < 4.78 is 54.9. The van der Waals surface area contributed by atoms with E-state index in [1.807, 2.05) is 0 Å². The summed E-state index contributed by atoms with van der Waals surface area (Å²) in [7, 11) is 0. The zero-order chi connectivity index (χ0) is 24.0. The van der Waals surface area contributed by atoms with E-state index in [2.05, 4.69) is 25.5 Å². The minimum Gasteiger partial charge on any atom is -0.337 e. The largest absolute Gasteiger partial charge is 0.417 e. The number of anilines is 2. The number of alkyl halides is 3. The molecule has 0 radical (unpaired) electrons. The number of rotatable bonds is 3. The van der Waals surface area contributed by atoms with E-state index in [9.17, 15) is 22.4 Å². The van der Waals surface area contributed by atoms with E-state index in [1.165, 1.54) is 43.3 Å². The summed E-state index contributed by atoms with van der Waals surface area (Å²) in [5, 5.41) is 10.5. The van der Waals surface area contributed by atoms with Gasteiger partial charge in [-0.2, -0.15) is 18.3 Å². The summed E-state index contributed by atoms with van der Waals surface area (Å²) >= 11 is 0. The van der Waals surface area contributed by atoms with Crippen LogP contribution >= 0.6 is 0 Å². The maximum Gasteiger partial charge on any atom is 0.417 e. The SMILES string of the molecule is CC(=O)N1CCc2c(nc(-c3ccccc3C(F)(F)F)nc2Nc2n[nH]c3ccc(F)cc23)C1. The normalized spacial score (nSPS) is 13.7. The van der Waals surface area contributed by atoms with Crippen LogP contribution in [0.3, 0.4) is 0 Å². The number of hydrogen-bond donors (Lipinski definition) is 2. The van der Waals surface area contributed by atoms with E-state index < -0.39 is 17.6 Å². The Labute approximate surface area is 190 Å². The number of aromatic nitrogens is 4. The standard InChI is InChI=1S/C23H18F4N6O/c1-12(34)33-9-8-15-19(11-33)28-20(14-4-2-3-5-17(14)23(25,26)27)29-21(15)30-22-16-10-13(24)6-7-18(16)31-32-22/h2-7,10H,8-9,11H2,1H3,(H2,28,29,30,31,32). The van der Waals surface area contributed by atoms with Crippen molar-refractivity contribution < 1.29 is 22.4 Å². The molecule has 0 spiro atoms. The minimum absolute atomic E-state index is 0.134. The average Bonchev–Trinajstić information content (AvgIpc) is 3.19. The molecule has 5 rings (SSSR count). The highest BCUT2D eigenvalue weighted by atomic mass is 19.4. The molecule has 1 amide bonds. The van der Waals surface area contributed by atoms with Gasteiger partial charge >= 0.3 is 6.18 Å². The number of hydrogen-bond acceptors (Lipinski definition) is 5. The van der Waals surface area contributed by atoms with Gasteiger partial charge in [0.15, 0.2) is 11.6 Å². The molecule has 0 bridgehead atoms. The van der Waals surface area contributed by atoms with Gasteiger partial charge in [-0.25, -0.2) is 14.4 Å². The monoisotopic (exact) mass is 470 g/mol. The smallest absolute Gasteiger partial charge is 0.337 e. The van der Waals surface area contributed by atoms with Gasteiger partial charge in [0, 0.05) is 30.0 Å². The molecule has 0 unspecified atom stereocenters. The summed E-state index contributed by atoms with van der Waals surface area (Å²) in [5.41, 5.74) is 0.638. The lowest BCUT2D eigenvalue weighted by Crippen LogP contribution is -2.35. The second-order valence-electron chi connectivity index (χ2n) is 7.94. The summed E-state index contributed by atoms with van der Waals surface area (Å²) in [6, 6.07) is 9.17. The van der Waals surface area contributed by atoms with E-state index in [4.69, 9.17) is 0 Å². The first-order valence-electron chi connectivity index (χ1n) is 10.4. The van der Waals surface area contributed by atoms with Crippen LogP contribution in [0.15, 0.2) is 42.5 Å². The Morgan fingerprint density at radius 1 is 1.12 bits per heavy atom. The third kappa shape index (κ3) is 3.93. The molecule has 174 valence electrons. The number of carbonyl (C=O) groups is 1. The number of aromatic amines is 1. The van der Waals surface area contributed by atoms with Crippen LogP contribution < -0.4 is 5.32 Å². The van der Waals surface area contributed by atoms with E-state index in [1.54, 1.807) is 4.90 Å². The molecule has 2 aromatic heterocycles. The fourth-order valence-electron chi connectivity index (χ4n) is 4.04. The molecule has 7 nitrogen and oxygen atoms in total. The second kappa shape index (κ2) is 8.08. The lowest BCUT2D eigenvalue weighted by atomic mass is 10.0. The zero-order valence-electron chi connectivity index (χ0n) is 17.9. The summed E-state index contributed by atoms with van der Waals surface area (Å²) in [4.78, 5) is 22.4. The Kier molecular flexibility index (Phi) is 5.18. The minimum atomic E-state index is -4.61. The van der Waals surface area contributed by atoms with E-state index in [-0.39, 0.29) is 35.5 Å². The highest BCUT2D eigenvalue weighted by Crippen LogP contribution is 2.37. The number of nitrogens with zero attached hydrogens (tertiary/aromatic N) is 4. The van der Waals surface area contributed by atoms with Gasteiger partial charge in [0.2, 0.25) is 5.91 Å². The fourth-order valence-corrected chi connectivity index (χ4v) is 4.04. The predicted molar refractivity (Wildman–Crippen MR) is 117 cm³/mol. The van der Waals surface area contributed by atoms with Crippen LogP contribution in [0.1, 0.15) is 23.7 Å². The molecule has 11 heteroatoms. The molecule has 0 aliphatic carbocycles. The van der Waals surface area contributed by atoms with Crippen LogP contribution in [0.2, 0.25) is 0 Å². The maximum atomic E-state index is 13.8. The van der Waals surface area contributed by atoms with Crippen molar-refractivity contribution in [2.45, 2.75) is 26.1 Å². The molecule has 2 aromatic carbocycles. The molecular formula is C23H18F4N6O. The highest BCUT2D eigenvalue weighted by molar-refractivity contribution is 5.91. The number of halogens is 4. The van der Waals surface area contributed by atoms with Crippen LogP contribution in [0.25, 0.3) is 22.3 Å². The van der Waals surface area contributed by atoms with Gasteiger partial charge in [-0.3, -0.25) is 9.89 Å². The van der Waals surface area contributed by atoms with Crippen molar-refractivity contribution in [1.29, 1.82) is 0 Å². The Morgan fingerprint density at radius 2 is 1.91 bits per heavy atom. The molecular weight excluding hydrogens is 452 g/mol. The second-order valence-corrected chi connectivity index (χ2v) is 7.94. The number of amides is 1. The molecule has 0 saturated heterocycles. The quantitative estimate of drug-likeness (QED) is 0.419. The Balaban J connectivity index is 1.67. The van der Waals surface area contributed by atoms with Crippen LogP contribution in [0.5, 0.6) is 0 Å². The molecule has 2 N–H and O–H groups in total. The Bertz CT molecular complexity index is 1410. The van der Waals surface area contributed by atoms with Crippen LogP contribution in [-0.2, 0) is 23.9 Å². The third-order valence-electron chi connectivity index (χ3n) is 5.75. The molecule has 0 atom stereocenters. The van der Waals surface area contributed by atoms with Crippen molar-refractivity contribution in [3.63, 3.8) is 0 Å². The van der Waals surface area contributed by atoms with Crippen LogP contribution in [0, 0.1) is 5.82 Å². The molecule has 1 aliphatic rings. The maximum absolute atomic E-state index is 13.8. The molecule has 3 heterocycles. The van der Waals surface area contributed by atoms with Crippen molar-refractivity contribution in [3.8, 4) is 11.4 Å². The Morgan fingerprint density at radius 3 is 2.68 bits per heavy atom. The van der Waals surface area contributed by atoms with Gasteiger partial charge < -0.3 is 10.2 Å². The molecule has 0 fully saturated rings. The summed E-state index contributed by atoms with van der Waals surface area (Å²) in [6.45, 7) is 1.98. The zero-order valence-corrected chi connectivity index (χ0v) is 17.9. The fraction of sp³-hybridized carbons (Fsp3) is 0.217. The van der Waals surface area contributed by atoms with E-state index in [0.717, 1.165) is 6.07 Å². The van der Waals surface area contributed by atoms with Crippen molar-refractivity contribution in [2.75, 3.05) is 11.9 Å². The van der Waals surface area contributed by atoms with E-state index in [0.29, 0.717) is 35.1 Å². The van der Waals surface area contributed by atoms with Gasteiger partial charge in [0.05, 0.1) is 23.3 Å². The number of nitrogens with one attached hydrogen (secondary N) is 2. The molecule has 0 saturated carbocycles. The average molecular weight is 470 g/mol. The number of H-pyrrole nitrogens is 1. The summed E-state index contributed by atoms with van der Waals surface area (Å²) in [5.74, 6) is -0.216. The van der Waals surface area contributed by atoms with E-state index >= 15 is 0 Å². The molecule has 34 heavy (non-hydrogen) atoms. The van der Waals surface area contributed by atoms with Gasteiger partial charge in [-0.15, -0.1) is 0 Å². The van der Waals surface area contributed by atoms with Crippen LogP contribution in [-0.4, -0.2) is 37.5 Å². The van der Waals surface area contributed by atoms with Gasteiger partial charge in [0.1, 0.15) is 11.6 Å². The first-order valence-corrected chi connectivity index (χ1v) is 10.4. The highest BCUT2D eigenvalue weighted by Gasteiger charge is 2.35. The lowest BCUT2D eigenvalue weighted by molar-refractivity contribution is -0.137. The molecule has 4 aromatic rings. The van der Waals surface area contributed by atoms with Crippen LogP contribution in [0.4, 0.5) is 29.2 Å². The number of carbonyl (C=O) groups excluding carboxylic acids is 1. The summed E-state index contributed by atoms with van der Waals surface area (Å²) in [6.07, 6.45) is -4.21. The first kappa shape index (κ1) is 21.8. The first-order chi connectivity index (χ1) is 16.2. The topological polar surface area (TPSA) is 86.8 Å². The van der Waals surface area contributed by atoms with Crippen molar-refractivity contribution >= 4 is 28.4 Å². The third-order valence-corrected chi connectivity index (χ3v) is 5.75. The predicted octanol–water partition coefficient (Wildman–Crippen LogP) is 4.83. The van der Waals surface area contributed by atoms with Gasteiger partial charge in [-0.1, -0.05) is 18.2 Å².